The van der Waals surface area contributed by atoms with Gasteiger partial charge in [-0.2, -0.15) is 13.2 Å². The lowest BCUT2D eigenvalue weighted by Gasteiger charge is -2.21. The molecule has 3 rings (SSSR count). The first kappa shape index (κ1) is 22.5. The third-order valence-electron chi connectivity index (χ3n) is 5.01. The molecule has 0 unspecified atom stereocenters. The van der Waals surface area contributed by atoms with E-state index < -0.39 is 23.3 Å². The molecule has 1 N–H and O–H groups in total. The van der Waals surface area contributed by atoms with Gasteiger partial charge in [-0.25, -0.2) is 4.79 Å². The van der Waals surface area contributed by atoms with Gasteiger partial charge in [0.25, 0.3) is 0 Å². The van der Waals surface area contributed by atoms with Crippen LogP contribution in [0.3, 0.4) is 0 Å². The molecule has 31 heavy (non-hydrogen) atoms. The van der Waals surface area contributed by atoms with Gasteiger partial charge in [-0.15, -0.1) is 0 Å². The van der Waals surface area contributed by atoms with Crippen LogP contribution in [0.1, 0.15) is 36.3 Å². The second-order valence-corrected chi connectivity index (χ2v) is 7.83. The number of rotatable bonds is 7. The number of hydrogen-bond acceptors (Lipinski definition) is 3. The van der Waals surface area contributed by atoms with Crippen molar-refractivity contribution in [3.63, 3.8) is 0 Å². The zero-order valence-electron chi connectivity index (χ0n) is 17.4. The minimum absolute atomic E-state index is 0.472. The largest absolute Gasteiger partial charge is 0.478 e. The number of carboxylic acid groups (broad SMARTS) is 1. The van der Waals surface area contributed by atoms with Gasteiger partial charge in [-0.05, 0) is 75.1 Å². The number of furan rings is 1. The number of carboxylic acids is 1. The highest BCUT2D eigenvalue weighted by molar-refractivity contribution is 5.76. The standard InChI is InChI=1S/C24H23F3O4/c1-15-18(14-21(30-15)17-8-10-19(11-9-17)24(25,26)27)7-4-16-5-12-20(13-6-16)31-23(2,3)22(28)29/h5-6,8-14H,4,7H2,1-3H3,(H,28,29). The molecule has 0 aliphatic rings. The van der Waals surface area contributed by atoms with Gasteiger partial charge in [-0.3, -0.25) is 0 Å². The fourth-order valence-corrected chi connectivity index (χ4v) is 3.08. The molecule has 0 amide bonds. The summed E-state index contributed by atoms with van der Waals surface area (Å²) in [5, 5.41) is 9.14. The number of hydrogen-bond donors (Lipinski definition) is 1. The lowest BCUT2D eigenvalue weighted by atomic mass is 10.0. The van der Waals surface area contributed by atoms with Crippen LogP contribution < -0.4 is 4.74 Å². The number of aliphatic carboxylic acids is 1. The van der Waals surface area contributed by atoms with Crippen molar-refractivity contribution in [2.24, 2.45) is 0 Å². The number of carbonyl (C=O) groups is 1. The van der Waals surface area contributed by atoms with Gasteiger partial charge in [-0.1, -0.05) is 24.3 Å². The second-order valence-electron chi connectivity index (χ2n) is 7.83. The molecule has 1 aromatic heterocycles. The van der Waals surface area contributed by atoms with Gasteiger partial charge in [0.15, 0.2) is 5.60 Å². The zero-order valence-corrected chi connectivity index (χ0v) is 17.4. The summed E-state index contributed by atoms with van der Waals surface area (Å²) in [5.41, 5.74) is 0.590. The maximum Gasteiger partial charge on any atom is 0.416 e. The predicted octanol–water partition coefficient (Wildman–Crippen LogP) is 6.30. The molecule has 1 heterocycles. The smallest absolute Gasteiger partial charge is 0.416 e. The average Bonchev–Trinajstić information content (AvgIpc) is 3.07. The van der Waals surface area contributed by atoms with Gasteiger partial charge in [0.2, 0.25) is 0 Å². The Bertz CT molecular complexity index is 1050. The quantitative estimate of drug-likeness (QED) is 0.476. The molecule has 0 radical (unpaired) electrons. The molecule has 0 aliphatic heterocycles. The fraction of sp³-hybridized carbons (Fsp3) is 0.292. The van der Waals surface area contributed by atoms with E-state index in [4.69, 9.17) is 14.3 Å². The van der Waals surface area contributed by atoms with Crippen LogP contribution in [-0.4, -0.2) is 16.7 Å². The first-order valence-corrected chi connectivity index (χ1v) is 9.74. The van der Waals surface area contributed by atoms with Gasteiger partial charge in [0.1, 0.15) is 17.3 Å². The van der Waals surface area contributed by atoms with Crippen LogP contribution in [0.2, 0.25) is 0 Å². The maximum absolute atomic E-state index is 12.7. The van der Waals surface area contributed by atoms with Crippen molar-refractivity contribution >= 4 is 5.97 Å². The number of ether oxygens (including phenoxy) is 1. The van der Waals surface area contributed by atoms with Crippen LogP contribution in [0.5, 0.6) is 5.75 Å². The summed E-state index contributed by atoms with van der Waals surface area (Å²) in [7, 11) is 0. The van der Waals surface area contributed by atoms with Crippen molar-refractivity contribution in [1.82, 2.24) is 0 Å². The van der Waals surface area contributed by atoms with E-state index in [0.717, 1.165) is 35.4 Å². The van der Waals surface area contributed by atoms with Crippen LogP contribution in [0.4, 0.5) is 13.2 Å². The molecule has 0 atom stereocenters. The van der Waals surface area contributed by atoms with Crippen LogP contribution in [0, 0.1) is 6.92 Å². The number of aryl methyl sites for hydroxylation is 3. The molecule has 7 heteroatoms. The first-order valence-electron chi connectivity index (χ1n) is 9.74. The van der Waals surface area contributed by atoms with Gasteiger partial charge in [0, 0.05) is 5.56 Å². The van der Waals surface area contributed by atoms with E-state index in [9.17, 15) is 18.0 Å². The number of benzene rings is 2. The SMILES string of the molecule is Cc1oc(-c2ccc(C(F)(F)F)cc2)cc1CCc1ccc(OC(C)(C)C(=O)O)cc1. The molecule has 0 saturated carbocycles. The van der Waals surface area contributed by atoms with Gasteiger partial charge >= 0.3 is 12.1 Å². The first-order chi connectivity index (χ1) is 14.5. The summed E-state index contributed by atoms with van der Waals surface area (Å²) in [6.45, 7) is 4.80. The summed E-state index contributed by atoms with van der Waals surface area (Å²) in [4.78, 5) is 11.2. The molecular formula is C24H23F3O4. The Morgan fingerprint density at radius 3 is 2.16 bits per heavy atom. The van der Waals surface area contributed by atoms with E-state index in [1.165, 1.54) is 26.0 Å². The number of alkyl halides is 3. The minimum atomic E-state index is -4.37. The van der Waals surface area contributed by atoms with E-state index in [-0.39, 0.29) is 0 Å². The molecule has 0 bridgehead atoms. The van der Waals surface area contributed by atoms with Gasteiger partial charge in [0.05, 0.1) is 5.56 Å². The molecule has 164 valence electrons. The van der Waals surface area contributed by atoms with Crippen molar-refractivity contribution < 1.29 is 32.2 Å². The molecule has 3 aromatic rings. The summed E-state index contributed by atoms with van der Waals surface area (Å²) in [5.74, 6) is 0.676. The third kappa shape index (κ3) is 5.48. The van der Waals surface area contributed by atoms with Crippen molar-refractivity contribution in [1.29, 1.82) is 0 Å². The Balaban J connectivity index is 1.65. The highest BCUT2D eigenvalue weighted by atomic mass is 19.4. The van der Waals surface area contributed by atoms with Crippen molar-refractivity contribution in [2.45, 2.75) is 45.4 Å². The van der Waals surface area contributed by atoms with Crippen LogP contribution in [-0.2, 0) is 23.8 Å². The Labute approximate surface area is 178 Å². The fourth-order valence-electron chi connectivity index (χ4n) is 3.08. The van der Waals surface area contributed by atoms with E-state index in [0.29, 0.717) is 23.5 Å². The van der Waals surface area contributed by atoms with Crippen molar-refractivity contribution in [2.75, 3.05) is 0 Å². The highest BCUT2D eigenvalue weighted by Crippen LogP contribution is 2.32. The highest BCUT2D eigenvalue weighted by Gasteiger charge is 2.30. The Morgan fingerprint density at radius 1 is 1.00 bits per heavy atom. The molecule has 0 aliphatic carbocycles. The molecule has 2 aromatic carbocycles. The summed E-state index contributed by atoms with van der Waals surface area (Å²) in [6, 6.07) is 14.0. The molecule has 4 nitrogen and oxygen atoms in total. The number of halogens is 3. The second kappa shape index (κ2) is 8.49. The molecule has 0 saturated heterocycles. The Morgan fingerprint density at radius 2 is 1.61 bits per heavy atom. The van der Waals surface area contributed by atoms with E-state index in [2.05, 4.69) is 0 Å². The lowest BCUT2D eigenvalue weighted by Crippen LogP contribution is -2.37. The van der Waals surface area contributed by atoms with Crippen molar-refractivity contribution in [3.8, 4) is 17.1 Å². The van der Waals surface area contributed by atoms with Gasteiger partial charge < -0.3 is 14.3 Å². The van der Waals surface area contributed by atoms with Crippen LogP contribution in [0.25, 0.3) is 11.3 Å². The minimum Gasteiger partial charge on any atom is -0.478 e. The van der Waals surface area contributed by atoms with Crippen LogP contribution in [0.15, 0.2) is 59.0 Å². The Kier molecular flexibility index (Phi) is 6.15. The molecular weight excluding hydrogens is 409 g/mol. The van der Waals surface area contributed by atoms with E-state index >= 15 is 0 Å². The Hall–Kier alpha value is -3.22. The normalized spacial score (nSPS) is 12.1. The predicted molar refractivity (Wildman–Crippen MR) is 110 cm³/mol. The zero-order chi connectivity index (χ0) is 22.8. The van der Waals surface area contributed by atoms with E-state index in [1.807, 2.05) is 25.1 Å². The summed E-state index contributed by atoms with van der Waals surface area (Å²) < 4.78 is 49.5. The summed E-state index contributed by atoms with van der Waals surface area (Å²) in [6.07, 6.45) is -2.96. The van der Waals surface area contributed by atoms with E-state index in [1.54, 1.807) is 12.1 Å². The monoisotopic (exact) mass is 432 g/mol. The lowest BCUT2D eigenvalue weighted by molar-refractivity contribution is -0.152. The third-order valence-corrected chi connectivity index (χ3v) is 5.01. The van der Waals surface area contributed by atoms with Crippen molar-refractivity contribution in [3.05, 3.63) is 77.0 Å². The topological polar surface area (TPSA) is 59.7 Å². The molecule has 0 spiro atoms. The summed E-state index contributed by atoms with van der Waals surface area (Å²) >= 11 is 0. The average molecular weight is 432 g/mol. The molecule has 0 fully saturated rings. The van der Waals surface area contributed by atoms with Crippen LogP contribution >= 0.6 is 0 Å². The maximum atomic E-state index is 12.7.